The number of pyridine rings is 1. The molecule has 1 heterocycles. The molecule has 0 unspecified atom stereocenters. The average molecular weight is 553 g/mol. The number of fused-ring (bicyclic) bond motifs is 1. The number of hydrogen-bond acceptors (Lipinski definition) is 3. The van der Waals surface area contributed by atoms with E-state index >= 15 is 0 Å². The molecule has 1 aromatic heterocycles. The fourth-order valence-corrected chi connectivity index (χ4v) is 2.87. The van der Waals surface area contributed by atoms with Crippen LogP contribution in [0.25, 0.3) is 22.2 Å². The zero-order valence-electron chi connectivity index (χ0n) is 17.2. The predicted molar refractivity (Wildman–Crippen MR) is 112 cm³/mol. The third-order valence-corrected chi connectivity index (χ3v) is 4.24. The molecule has 0 aliphatic rings. The second kappa shape index (κ2) is 10.3. The molecule has 0 aliphatic carbocycles. The number of aryl methyl sites for hydroxylation is 3. The van der Waals surface area contributed by atoms with Crippen LogP contribution in [0.5, 0.6) is 0 Å². The molecule has 1 radical (unpaired) electrons. The Morgan fingerprint density at radius 1 is 1.04 bits per heavy atom. The number of hydrogen-bond donors (Lipinski definition) is 1. The number of carbonyl (C=O) groups is 1. The molecule has 149 valence electrons. The maximum atomic E-state index is 10.0. The van der Waals surface area contributed by atoms with Gasteiger partial charge >= 0.3 is 0 Å². The van der Waals surface area contributed by atoms with Gasteiger partial charge < -0.3 is 5.11 Å². The molecule has 0 saturated heterocycles. The van der Waals surface area contributed by atoms with Gasteiger partial charge in [-0.15, -0.1) is 34.4 Å². The molecule has 2 aromatic carbocycles. The van der Waals surface area contributed by atoms with Crippen LogP contribution in [0.1, 0.15) is 36.1 Å². The van der Waals surface area contributed by atoms with Crippen molar-refractivity contribution >= 4 is 16.7 Å². The van der Waals surface area contributed by atoms with Crippen LogP contribution in [0.3, 0.4) is 0 Å². The normalized spacial score (nSPS) is 10.7. The van der Waals surface area contributed by atoms with Gasteiger partial charge in [-0.05, 0) is 43.5 Å². The number of carbonyl (C=O) groups excluding carboxylic acids is 1. The Labute approximate surface area is 180 Å². The molecular weight excluding hydrogens is 526 g/mol. The summed E-state index contributed by atoms with van der Waals surface area (Å²) in [6, 6.07) is 16.2. The Morgan fingerprint density at radius 3 is 2.25 bits per heavy atom. The number of benzene rings is 2. The quantitative estimate of drug-likeness (QED) is 0.242. The minimum Gasteiger partial charge on any atom is -0.512 e. The van der Waals surface area contributed by atoms with Gasteiger partial charge in [0.1, 0.15) is 0 Å². The van der Waals surface area contributed by atoms with E-state index in [-0.39, 0.29) is 31.6 Å². The Hall–Kier alpha value is -2.29. The van der Waals surface area contributed by atoms with E-state index in [1.165, 1.54) is 42.0 Å². The number of allylic oxidation sites excluding steroid dienone is 2. The molecule has 0 saturated carbocycles. The average Bonchev–Trinajstić information content (AvgIpc) is 2.56. The van der Waals surface area contributed by atoms with Crippen molar-refractivity contribution in [2.75, 3.05) is 0 Å². The molecule has 0 amide bonds. The maximum absolute atomic E-state index is 10.0. The fourth-order valence-electron chi connectivity index (χ4n) is 2.87. The topological polar surface area (TPSA) is 50.2 Å². The fraction of sp³-hybridized carbons (Fsp3) is 0.250. The van der Waals surface area contributed by atoms with Crippen LogP contribution in [-0.2, 0) is 24.9 Å². The van der Waals surface area contributed by atoms with Crippen molar-refractivity contribution in [3.63, 3.8) is 0 Å². The zero-order chi connectivity index (χ0) is 20.1. The van der Waals surface area contributed by atoms with Gasteiger partial charge in [-0.2, -0.15) is 0 Å². The molecule has 28 heavy (non-hydrogen) atoms. The molecule has 3 nitrogen and oxygen atoms in total. The Bertz CT molecular complexity index is 1020. The van der Waals surface area contributed by atoms with Gasteiger partial charge in [-0.25, -0.2) is 0 Å². The van der Waals surface area contributed by atoms with Crippen LogP contribution in [0, 0.1) is 33.8 Å². The molecule has 0 fully saturated rings. The van der Waals surface area contributed by atoms with E-state index in [2.05, 4.69) is 70.2 Å². The van der Waals surface area contributed by atoms with Gasteiger partial charge in [0, 0.05) is 26.2 Å². The summed E-state index contributed by atoms with van der Waals surface area (Å²) in [5.41, 5.74) is 8.13. The van der Waals surface area contributed by atoms with Gasteiger partial charge in [0.2, 0.25) is 0 Å². The standard InChI is InChI=1S/C19H18N.C5H8O2.Ir/c1-12-5-6-16-7-8-18(20-19(16)11-12)17-10-13(2)9-14(3)15(17)4;1-4(6)3-5(2)7;/h5-9,11H,1-4H3;3,6H,1-2H3;/q-1;;/b;4-3-;. The number of aliphatic hydroxyl groups excluding tert-OH is 1. The number of rotatable bonds is 2. The van der Waals surface area contributed by atoms with Crippen LogP contribution >= 0.6 is 0 Å². The largest absolute Gasteiger partial charge is 0.512 e. The molecular formula is C24H26IrNO2-. The van der Waals surface area contributed by atoms with E-state index < -0.39 is 0 Å². The maximum Gasteiger partial charge on any atom is 0.155 e. The first kappa shape index (κ1) is 23.7. The van der Waals surface area contributed by atoms with E-state index in [0.717, 1.165) is 22.3 Å². The summed E-state index contributed by atoms with van der Waals surface area (Å²) < 4.78 is 0. The van der Waals surface area contributed by atoms with Gasteiger partial charge in [0.25, 0.3) is 0 Å². The molecule has 0 spiro atoms. The van der Waals surface area contributed by atoms with Crippen molar-refractivity contribution in [3.8, 4) is 11.3 Å². The summed E-state index contributed by atoms with van der Waals surface area (Å²) in [5.74, 6) is -0.0625. The second-order valence-electron chi connectivity index (χ2n) is 6.92. The van der Waals surface area contributed by atoms with Crippen LogP contribution in [-0.4, -0.2) is 15.9 Å². The molecule has 1 N–H and O–H groups in total. The first-order chi connectivity index (χ1) is 12.7. The third kappa shape index (κ3) is 6.40. The van der Waals surface area contributed by atoms with Crippen molar-refractivity contribution in [2.24, 2.45) is 0 Å². The minimum atomic E-state index is -0.125. The third-order valence-electron chi connectivity index (χ3n) is 4.24. The van der Waals surface area contributed by atoms with E-state index in [0.29, 0.717) is 0 Å². The SMILES string of the molecule is CC(=O)/C=C(/C)O.Cc1[c-]c(-c2ccc3ccc(C)cc3n2)c(C)c(C)c1.[Ir]. The van der Waals surface area contributed by atoms with Gasteiger partial charge in [-0.3, -0.25) is 9.78 Å². The smallest absolute Gasteiger partial charge is 0.155 e. The van der Waals surface area contributed by atoms with Crippen molar-refractivity contribution in [1.29, 1.82) is 0 Å². The molecule has 3 rings (SSSR count). The monoisotopic (exact) mass is 553 g/mol. The van der Waals surface area contributed by atoms with Crippen LogP contribution in [0.15, 0.2) is 48.2 Å². The van der Waals surface area contributed by atoms with E-state index in [9.17, 15) is 4.79 Å². The van der Waals surface area contributed by atoms with Crippen molar-refractivity contribution in [2.45, 2.75) is 41.5 Å². The van der Waals surface area contributed by atoms with Crippen molar-refractivity contribution in [1.82, 2.24) is 4.98 Å². The minimum absolute atomic E-state index is 0. The Kier molecular flexibility index (Phi) is 8.74. The molecule has 0 atom stereocenters. The van der Waals surface area contributed by atoms with Gasteiger partial charge in [0.05, 0.1) is 11.3 Å². The number of ketones is 1. The van der Waals surface area contributed by atoms with Crippen molar-refractivity contribution < 1.29 is 30.0 Å². The van der Waals surface area contributed by atoms with Crippen LogP contribution in [0.4, 0.5) is 0 Å². The summed E-state index contributed by atoms with van der Waals surface area (Å²) in [5, 5.41) is 9.54. The summed E-state index contributed by atoms with van der Waals surface area (Å²) in [6.45, 7) is 11.3. The Balaban J connectivity index is 0.000000425. The summed E-state index contributed by atoms with van der Waals surface area (Å²) in [4.78, 5) is 14.8. The first-order valence-electron chi connectivity index (χ1n) is 8.93. The Morgan fingerprint density at radius 2 is 1.68 bits per heavy atom. The summed E-state index contributed by atoms with van der Waals surface area (Å²) >= 11 is 0. The zero-order valence-corrected chi connectivity index (χ0v) is 19.6. The summed E-state index contributed by atoms with van der Waals surface area (Å²) in [7, 11) is 0. The van der Waals surface area contributed by atoms with Crippen molar-refractivity contribution in [3.05, 3.63) is 76.6 Å². The summed E-state index contributed by atoms with van der Waals surface area (Å²) in [6.07, 6.45) is 1.17. The predicted octanol–water partition coefficient (Wildman–Crippen LogP) is 5.97. The first-order valence-corrected chi connectivity index (χ1v) is 8.93. The van der Waals surface area contributed by atoms with E-state index in [4.69, 9.17) is 10.1 Å². The van der Waals surface area contributed by atoms with E-state index in [1.807, 2.05) is 0 Å². The molecule has 0 aliphatic heterocycles. The van der Waals surface area contributed by atoms with Gasteiger partial charge in [-0.1, -0.05) is 45.0 Å². The number of nitrogens with zero attached hydrogens (tertiary/aromatic N) is 1. The number of aromatic nitrogens is 1. The molecule has 4 heteroatoms. The second-order valence-corrected chi connectivity index (χ2v) is 6.92. The molecule has 0 bridgehead atoms. The van der Waals surface area contributed by atoms with Gasteiger partial charge in [0.15, 0.2) is 5.78 Å². The van der Waals surface area contributed by atoms with Crippen LogP contribution < -0.4 is 0 Å². The van der Waals surface area contributed by atoms with Crippen LogP contribution in [0.2, 0.25) is 0 Å². The van der Waals surface area contributed by atoms with E-state index in [1.54, 1.807) is 0 Å². The molecule has 3 aromatic rings. The number of aliphatic hydroxyl groups is 1.